The molecular formula is C26H26N8OS. The fraction of sp³-hybridized carbons (Fsp3) is 0.231. The first-order valence-corrected chi connectivity index (χ1v) is 12.8. The highest BCUT2D eigenvalue weighted by atomic mass is 32.1. The third-order valence-corrected chi connectivity index (χ3v) is 6.81. The minimum absolute atomic E-state index is 0.590. The third-order valence-electron chi connectivity index (χ3n) is 6.14. The number of morpholine rings is 1. The van der Waals surface area contributed by atoms with E-state index in [1.54, 1.807) is 23.9 Å². The van der Waals surface area contributed by atoms with E-state index >= 15 is 0 Å². The van der Waals surface area contributed by atoms with Gasteiger partial charge in [-0.15, -0.1) is 0 Å². The van der Waals surface area contributed by atoms with Crippen LogP contribution in [0.5, 0.6) is 0 Å². The highest BCUT2D eigenvalue weighted by Gasteiger charge is 2.18. The van der Waals surface area contributed by atoms with Gasteiger partial charge in [-0.2, -0.15) is 21.3 Å². The summed E-state index contributed by atoms with van der Waals surface area (Å²) in [6.07, 6.45) is 3.60. The van der Waals surface area contributed by atoms with Crippen LogP contribution in [0.2, 0.25) is 0 Å². The largest absolute Gasteiger partial charge is 0.378 e. The molecule has 0 amide bonds. The number of thiophene rings is 1. The standard InChI is InChI=1S/C26H26N8OS/c1-32(16-20-4-2-3-10-27-20)26-30-24(23-25(31-26)34(18-28-23)22-9-15-36-17-22)29-19-5-7-21(8-6-19)33-11-13-35-14-12-33/h2-10,15,17-18H,11-14,16H2,1H3,(H,29,30,31). The number of nitrogens with zero attached hydrogens (tertiary/aromatic N) is 7. The van der Waals surface area contributed by atoms with Gasteiger partial charge in [0, 0.05) is 43.1 Å². The molecule has 36 heavy (non-hydrogen) atoms. The van der Waals surface area contributed by atoms with E-state index in [1.807, 2.05) is 40.1 Å². The summed E-state index contributed by atoms with van der Waals surface area (Å²) in [5.74, 6) is 1.26. The maximum Gasteiger partial charge on any atom is 0.229 e. The zero-order valence-corrected chi connectivity index (χ0v) is 20.7. The fourth-order valence-electron chi connectivity index (χ4n) is 4.25. The van der Waals surface area contributed by atoms with E-state index in [9.17, 15) is 0 Å². The van der Waals surface area contributed by atoms with E-state index in [0.29, 0.717) is 23.8 Å². The second-order valence-electron chi connectivity index (χ2n) is 8.59. The highest BCUT2D eigenvalue weighted by Crippen LogP contribution is 2.29. The average Bonchev–Trinajstić information content (AvgIpc) is 3.60. The van der Waals surface area contributed by atoms with Crippen LogP contribution in [-0.2, 0) is 11.3 Å². The Labute approximate surface area is 213 Å². The summed E-state index contributed by atoms with van der Waals surface area (Å²) in [5.41, 5.74) is 5.57. The van der Waals surface area contributed by atoms with Crippen molar-refractivity contribution >= 4 is 45.6 Å². The molecular weight excluding hydrogens is 472 g/mol. The molecule has 1 N–H and O–H groups in total. The molecule has 9 nitrogen and oxygen atoms in total. The molecule has 4 aromatic heterocycles. The van der Waals surface area contributed by atoms with Gasteiger partial charge in [0.1, 0.15) is 6.33 Å². The smallest absolute Gasteiger partial charge is 0.229 e. The normalized spacial score (nSPS) is 13.8. The van der Waals surface area contributed by atoms with Crippen LogP contribution in [0.15, 0.2) is 71.8 Å². The van der Waals surface area contributed by atoms with Gasteiger partial charge >= 0.3 is 0 Å². The second kappa shape index (κ2) is 9.92. The first-order chi connectivity index (χ1) is 17.7. The Bertz CT molecular complexity index is 1430. The summed E-state index contributed by atoms with van der Waals surface area (Å²) in [6, 6.07) is 16.4. The van der Waals surface area contributed by atoms with E-state index in [0.717, 1.165) is 49.0 Å². The number of imidazole rings is 1. The minimum Gasteiger partial charge on any atom is -0.378 e. The molecule has 1 saturated heterocycles. The lowest BCUT2D eigenvalue weighted by molar-refractivity contribution is 0.122. The molecule has 0 saturated carbocycles. The van der Waals surface area contributed by atoms with Crippen molar-refractivity contribution in [3.05, 3.63) is 77.5 Å². The van der Waals surface area contributed by atoms with E-state index in [2.05, 4.69) is 55.9 Å². The monoisotopic (exact) mass is 498 g/mol. The summed E-state index contributed by atoms with van der Waals surface area (Å²) in [4.78, 5) is 23.2. The Morgan fingerprint density at radius 1 is 1.00 bits per heavy atom. The van der Waals surface area contributed by atoms with Crippen molar-refractivity contribution in [1.29, 1.82) is 0 Å². The van der Waals surface area contributed by atoms with Crippen molar-refractivity contribution in [3.63, 3.8) is 0 Å². The van der Waals surface area contributed by atoms with Crippen LogP contribution in [0.25, 0.3) is 16.9 Å². The minimum atomic E-state index is 0.590. The van der Waals surface area contributed by atoms with Gasteiger partial charge < -0.3 is 19.9 Å². The number of rotatable bonds is 7. The molecule has 0 spiro atoms. The molecule has 0 radical (unpaired) electrons. The molecule has 0 unspecified atom stereocenters. The van der Waals surface area contributed by atoms with E-state index < -0.39 is 0 Å². The molecule has 10 heteroatoms. The van der Waals surface area contributed by atoms with Gasteiger partial charge in [-0.05, 0) is 47.8 Å². The van der Waals surface area contributed by atoms with Crippen molar-refractivity contribution in [2.24, 2.45) is 0 Å². The Kier molecular flexibility index (Phi) is 6.18. The lowest BCUT2D eigenvalue weighted by atomic mass is 10.2. The Morgan fingerprint density at radius 3 is 2.61 bits per heavy atom. The molecule has 1 fully saturated rings. The topological polar surface area (TPSA) is 84.2 Å². The van der Waals surface area contributed by atoms with Crippen LogP contribution >= 0.6 is 11.3 Å². The summed E-state index contributed by atoms with van der Waals surface area (Å²) < 4.78 is 7.48. The molecule has 0 atom stereocenters. The van der Waals surface area contributed by atoms with Crippen LogP contribution in [0, 0.1) is 0 Å². The number of ether oxygens (including phenoxy) is 1. The molecule has 182 valence electrons. The van der Waals surface area contributed by atoms with E-state index in [4.69, 9.17) is 14.7 Å². The number of aromatic nitrogens is 5. The van der Waals surface area contributed by atoms with Crippen molar-refractivity contribution in [2.75, 3.05) is 48.5 Å². The van der Waals surface area contributed by atoms with Gasteiger partial charge in [0.15, 0.2) is 17.0 Å². The maximum absolute atomic E-state index is 5.48. The first-order valence-electron chi connectivity index (χ1n) is 11.8. The molecule has 0 aliphatic carbocycles. The highest BCUT2D eigenvalue weighted by molar-refractivity contribution is 7.08. The summed E-state index contributed by atoms with van der Waals surface area (Å²) in [7, 11) is 1.97. The number of hydrogen-bond acceptors (Lipinski definition) is 9. The van der Waals surface area contributed by atoms with Crippen LogP contribution in [0.4, 0.5) is 23.1 Å². The molecule has 1 aliphatic rings. The molecule has 6 rings (SSSR count). The van der Waals surface area contributed by atoms with Gasteiger partial charge in [-0.1, -0.05) is 6.07 Å². The Balaban J connectivity index is 1.35. The van der Waals surface area contributed by atoms with Crippen LogP contribution in [-0.4, -0.2) is 57.9 Å². The van der Waals surface area contributed by atoms with Crippen LogP contribution in [0.3, 0.4) is 0 Å². The molecule has 1 aliphatic heterocycles. The number of anilines is 4. The second-order valence-corrected chi connectivity index (χ2v) is 9.37. The third kappa shape index (κ3) is 4.60. The van der Waals surface area contributed by atoms with Crippen molar-refractivity contribution < 1.29 is 4.74 Å². The SMILES string of the molecule is CN(Cc1ccccn1)c1nc(Nc2ccc(N3CCOCC3)cc2)c2ncn(-c3ccsc3)c2n1. The summed E-state index contributed by atoms with van der Waals surface area (Å²) in [5, 5.41) is 7.61. The van der Waals surface area contributed by atoms with Gasteiger partial charge in [-0.25, -0.2) is 4.98 Å². The fourth-order valence-corrected chi connectivity index (χ4v) is 4.88. The quantitative estimate of drug-likeness (QED) is 0.351. The van der Waals surface area contributed by atoms with E-state index in [1.165, 1.54) is 5.69 Å². The van der Waals surface area contributed by atoms with Gasteiger partial charge in [0.05, 0.1) is 31.1 Å². The first kappa shape index (κ1) is 22.4. The van der Waals surface area contributed by atoms with Crippen LogP contribution in [0.1, 0.15) is 5.69 Å². The zero-order chi connectivity index (χ0) is 24.3. The van der Waals surface area contributed by atoms with Crippen molar-refractivity contribution in [1.82, 2.24) is 24.5 Å². The maximum atomic E-state index is 5.48. The average molecular weight is 499 g/mol. The zero-order valence-electron chi connectivity index (χ0n) is 19.9. The predicted octanol–water partition coefficient (Wildman–Crippen LogP) is 4.49. The molecule has 5 aromatic rings. The Hall–Kier alpha value is -4.02. The van der Waals surface area contributed by atoms with Gasteiger partial charge in [-0.3, -0.25) is 9.55 Å². The number of fused-ring (bicyclic) bond motifs is 1. The number of benzene rings is 1. The lowest BCUT2D eigenvalue weighted by Crippen LogP contribution is -2.36. The van der Waals surface area contributed by atoms with Crippen LogP contribution < -0.4 is 15.1 Å². The molecule has 0 bridgehead atoms. The van der Waals surface area contributed by atoms with Crippen molar-refractivity contribution in [2.45, 2.75) is 6.54 Å². The molecule has 1 aromatic carbocycles. The van der Waals surface area contributed by atoms with Crippen molar-refractivity contribution in [3.8, 4) is 5.69 Å². The van der Waals surface area contributed by atoms with E-state index in [-0.39, 0.29) is 0 Å². The molecule has 5 heterocycles. The van der Waals surface area contributed by atoms with Gasteiger partial charge in [0.2, 0.25) is 5.95 Å². The number of nitrogens with one attached hydrogen (secondary N) is 1. The number of hydrogen-bond donors (Lipinski definition) is 1. The summed E-state index contributed by atoms with van der Waals surface area (Å²) in [6.45, 7) is 3.93. The number of pyridine rings is 1. The summed E-state index contributed by atoms with van der Waals surface area (Å²) >= 11 is 1.64. The lowest BCUT2D eigenvalue weighted by Gasteiger charge is -2.28. The Morgan fingerprint density at radius 2 is 1.86 bits per heavy atom. The van der Waals surface area contributed by atoms with Gasteiger partial charge in [0.25, 0.3) is 0 Å². The predicted molar refractivity (Wildman–Crippen MR) is 144 cm³/mol.